The van der Waals surface area contributed by atoms with Crippen molar-refractivity contribution in [1.82, 2.24) is 9.80 Å². The van der Waals surface area contributed by atoms with Crippen LogP contribution in [0, 0.1) is 11.7 Å². The van der Waals surface area contributed by atoms with Gasteiger partial charge in [0.15, 0.2) is 0 Å². The summed E-state index contributed by atoms with van der Waals surface area (Å²) in [7, 11) is 0. The Bertz CT molecular complexity index is 1160. The monoisotopic (exact) mass is 470 g/mol. The summed E-state index contributed by atoms with van der Waals surface area (Å²) in [5.41, 5.74) is 6.44. The maximum atomic E-state index is 14.3. The molecule has 4 heteroatoms. The third kappa shape index (κ3) is 4.80. The number of rotatable bonds is 5. The molecule has 1 saturated heterocycles. The lowest BCUT2D eigenvalue weighted by atomic mass is 9.84. The highest BCUT2D eigenvalue weighted by molar-refractivity contribution is 5.46. The second-order valence-electron chi connectivity index (χ2n) is 10.8. The Morgan fingerprint density at radius 1 is 0.771 bits per heavy atom. The van der Waals surface area contributed by atoms with E-state index in [1.165, 1.54) is 28.7 Å². The maximum absolute atomic E-state index is 14.3. The van der Waals surface area contributed by atoms with E-state index in [0.29, 0.717) is 24.3 Å². The van der Waals surface area contributed by atoms with E-state index in [4.69, 9.17) is 0 Å². The van der Waals surface area contributed by atoms with Crippen molar-refractivity contribution in [1.29, 1.82) is 0 Å². The SMILES string of the molecule is OC(CN1CCN(CC2CC3c4ccccc4Cc4ccc(F)cc4C3C2)CC1)c1ccccc1. The van der Waals surface area contributed by atoms with Gasteiger partial charge < -0.3 is 10.0 Å². The molecule has 35 heavy (non-hydrogen) atoms. The first-order valence-corrected chi connectivity index (χ1v) is 13.2. The van der Waals surface area contributed by atoms with Gasteiger partial charge in [0.05, 0.1) is 6.10 Å². The Kier molecular flexibility index (Phi) is 6.44. The number of nitrogens with zero attached hydrogens (tertiary/aromatic N) is 2. The minimum atomic E-state index is -0.426. The summed E-state index contributed by atoms with van der Waals surface area (Å²) in [6.45, 7) is 5.92. The van der Waals surface area contributed by atoms with Crippen molar-refractivity contribution in [2.45, 2.75) is 37.2 Å². The molecule has 4 atom stereocenters. The topological polar surface area (TPSA) is 26.7 Å². The van der Waals surface area contributed by atoms with Gasteiger partial charge in [-0.3, -0.25) is 4.90 Å². The van der Waals surface area contributed by atoms with Crippen LogP contribution in [0.3, 0.4) is 0 Å². The number of benzene rings is 3. The van der Waals surface area contributed by atoms with E-state index in [9.17, 15) is 9.50 Å². The number of β-amino-alcohol motifs (C(OH)–C–C–N with tert-alkyl or cyclic N) is 1. The lowest BCUT2D eigenvalue weighted by Gasteiger charge is -2.36. The maximum Gasteiger partial charge on any atom is 0.123 e. The van der Waals surface area contributed by atoms with Crippen LogP contribution in [0.2, 0.25) is 0 Å². The van der Waals surface area contributed by atoms with Crippen molar-refractivity contribution in [3.63, 3.8) is 0 Å². The summed E-state index contributed by atoms with van der Waals surface area (Å²) in [5.74, 6) is 1.43. The predicted octanol–water partition coefficient (Wildman–Crippen LogP) is 5.36. The zero-order valence-electron chi connectivity index (χ0n) is 20.3. The van der Waals surface area contributed by atoms with Gasteiger partial charge in [-0.25, -0.2) is 4.39 Å². The molecule has 1 saturated carbocycles. The van der Waals surface area contributed by atoms with E-state index in [0.717, 1.165) is 51.1 Å². The van der Waals surface area contributed by atoms with Crippen molar-refractivity contribution < 1.29 is 9.50 Å². The molecule has 4 unspecified atom stereocenters. The number of piperazine rings is 1. The molecule has 6 rings (SSSR count). The quantitative estimate of drug-likeness (QED) is 0.544. The third-order valence-corrected chi connectivity index (χ3v) is 8.60. The lowest BCUT2D eigenvalue weighted by molar-refractivity contribution is 0.0671. The Hall–Kier alpha value is -2.53. The highest BCUT2D eigenvalue weighted by Crippen LogP contribution is 2.52. The van der Waals surface area contributed by atoms with E-state index < -0.39 is 6.10 Å². The summed E-state index contributed by atoms with van der Waals surface area (Å²) < 4.78 is 14.3. The van der Waals surface area contributed by atoms with Gasteiger partial charge >= 0.3 is 0 Å². The second-order valence-corrected chi connectivity index (χ2v) is 10.8. The van der Waals surface area contributed by atoms with E-state index in [1.807, 2.05) is 42.5 Å². The molecular formula is C31H35FN2O. The molecule has 0 radical (unpaired) electrons. The molecule has 3 aromatic carbocycles. The fourth-order valence-corrected chi connectivity index (χ4v) is 6.86. The first kappa shape index (κ1) is 22.9. The average Bonchev–Trinajstić information content (AvgIpc) is 3.25. The second kappa shape index (κ2) is 9.85. The summed E-state index contributed by atoms with van der Waals surface area (Å²) >= 11 is 0. The molecule has 1 aliphatic heterocycles. The summed E-state index contributed by atoms with van der Waals surface area (Å²) in [5, 5.41) is 10.6. The van der Waals surface area contributed by atoms with Crippen LogP contribution >= 0.6 is 0 Å². The van der Waals surface area contributed by atoms with Gasteiger partial charge in [0.25, 0.3) is 0 Å². The number of hydrogen-bond acceptors (Lipinski definition) is 3. The van der Waals surface area contributed by atoms with Crippen LogP contribution in [0.15, 0.2) is 72.8 Å². The smallest absolute Gasteiger partial charge is 0.123 e. The minimum absolute atomic E-state index is 0.106. The average molecular weight is 471 g/mol. The molecular weight excluding hydrogens is 435 g/mol. The molecule has 0 bridgehead atoms. The van der Waals surface area contributed by atoms with Crippen LogP contribution in [0.1, 0.15) is 58.6 Å². The summed E-state index contributed by atoms with van der Waals surface area (Å²) in [6, 6.07) is 24.3. The molecule has 1 heterocycles. The van der Waals surface area contributed by atoms with Crippen molar-refractivity contribution in [3.05, 3.63) is 106 Å². The van der Waals surface area contributed by atoms with Crippen molar-refractivity contribution in [2.75, 3.05) is 39.3 Å². The number of aliphatic hydroxyl groups is 1. The first-order valence-electron chi connectivity index (χ1n) is 13.2. The molecule has 0 spiro atoms. The van der Waals surface area contributed by atoms with Gasteiger partial charge in [-0.2, -0.15) is 0 Å². The van der Waals surface area contributed by atoms with Crippen molar-refractivity contribution in [2.24, 2.45) is 5.92 Å². The minimum Gasteiger partial charge on any atom is -0.387 e. The standard InChI is InChI=1S/C31H35FN2O/c32-26-11-10-25-18-24-8-4-5-9-27(24)29-16-22(17-30(29)28(25)19-26)20-33-12-14-34(15-13-33)21-31(35)23-6-2-1-3-7-23/h1-11,19,22,29-31,35H,12-18,20-21H2. The molecule has 1 N–H and O–H groups in total. The Morgan fingerprint density at radius 2 is 1.43 bits per heavy atom. The normalized spacial score (nSPS) is 25.4. The molecule has 3 nitrogen and oxygen atoms in total. The van der Waals surface area contributed by atoms with Gasteiger partial charge in [0.2, 0.25) is 0 Å². The van der Waals surface area contributed by atoms with Crippen LogP contribution in [0.25, 0.3) is 0 Å². The lowest BCUT2D eigenvalue weighted by Crippen LogP contribution is -2.48. The van der Waals surface area contributed by atoms with Gasteiger partial charge in [-0.05, 0) is 77.0 Å². The van der Waals surface area contributed by atoms with Crippen LogP contribution in [-0.2, 0) is 6.42 Å². The fraction of sp³-hybridized carbons (Fsp3) is 0.419. The number of fused-ring (bicyclic) bond motifs is 5. The number of aliphatic hydroxyl groups excluding tert-OH is 1. The Labute approximate surface area is 208 Å². The van der Waals surface area contributed by atoms with E-state index in [2.05, 4.69) is 34.1 Å². The summed E-state index contributed by atoms with van der Waals surface area (Å²) in [4.78, 5) is 5.00. The largest absolute Gasteiger partial charge is 0.387 e. The molecule has 0 amide bonds. The fourth-order valence-electron chi connectivity index (χ4n) is 6.86. The van der Waals surface area contributed by atoms with Gasteiger partial charge in [0.1, 0.15) is 5.82 Å². The zero-order valence-corrected chi connectivity index (χ0v) is 20.3. The number of halogens is 1. The molecule has 3 aromatic rings. The highest BCUT2D eigenvalue weighted by atomic mass is 19.1. The van der Waals surface area contributed by atoms with Crippen LogP contribution in [-0.4, -0.2) is 54.2 Å². The van der Waals surface area contributed by atoms with E-state index in [-0.39, 0.29) is 5.82 Å². The molecule has 2 fully saturated rings. The molecule has 182 valence electrons. The van der Waals surface area contributed by atoms with Crippen molar-refractivity contribution >= 4 is 0 Å². The van der Waals surface area contributed by atoms with Crippen LogP contribution in [0.4, 0.5) is 4.39 Å². The predicted molar refractivity (Wildman–Crippen MR) is 138 cm³/mol. The zero-order chi connectivity index (χ0) is 23.8. The number of hydrogen-bond donors (Lipinski definition) is 1. The van der Waals surface area contributed by atoms with Crippen LogP contribution in [0.5, 0.6) is 0 Å². The molecule has 2 aliphatic carbocycles. The van der Waals surface area contributed by atoms with Gasteiger partial charge in [-0.15, -0.1) is 0 Å². The van der Waals surface area contributed by atoms with Gasteiger partial charge in [0, 0.05) is 39.3 Å². The van der Waals surface area contributed by atoms with Crippen LogP contribution < -0.4 is 0 Å². The van der Waals surface area contributed by atoms with Gasteiger partial charge in [-0.1, -0.05) is 60.7 Å². The van der Waals surface area contributed by atoms with Crippen molar-refractivity contribution in [3.8, 4) is 0 Å². The molecule has 3 aliphatic rings. The summed E-state index contributed by atoms with van der Waals surface area (Å²) in [6.07, 6.45) is 2.82. The first-order chi connectivity index (χ1) is 17.1. The van der Waals surface area contributed by atoms with E-state index in [1.54, 1.807) is 6.07 Å². The Morgan fingerprint density at radius 3 is 2.23 bits per heavy atom. The molecule has 0 aromatic heterocycles. The third-order valence-electron chi connectivity index (χ3n) is 8.60. The van der Waals surface area contributed by atoms with E-state index >= 15 is 0 Å². The Balaban J connectivity index is 1.11. The highest BCUT2D eigenvalue weighted by Gasteiger charge is 2.40.